The van der Waals surface area contributed by atoms with E-state index in [0.29, 0.717) is 11.6 Å². The summed E-state index contributed by atoms with van der Waals surface area (Å²) in [6.07, 6.45) is 1.01. The zero-order valence-corrected chi connectivity index (χ0v) is 11.3. The molecule has 6 nitrogen and oxygen atoms in total. The number of hydrogen-bond acceptors (Lipinski definition) is 6. The quantitative estimate of drug-likeness (QED) is 0.862. The van der Waals surface area contributed by atoms with E-state index in [1.54, 1.807) is 13.3 Å². The Morgan fingerprint density at radius 2 is 2.00 bits per heavy atom. The van der Waals surface area contributed by atoms with Crippen LogP contribution >= 0.6 is 0 Å². The number of para-hydroxylation sites is 1. The van der Waals surface area contributed by atoms with E-state index in [9.17, 15) is 0 Å². The Morgan fingerprint density at radius 3 is 2.86 bits per heavy atom. The van der Waals surface area contributed by atoms with Crippen LogP contribution in [0, 0.1) is 0 Å². The average molecular weight is 283 g/mol. The number of rotatable bonds is 1. The topological polar surface area (TPSA) is 79.0 Å². The number of aromatic nitrogens is 1. The largest absolute Gasteiger partial charge is 0.438 e. The number of nitrogens with two attached hydrogens (primary N) is 1. The molecule has 3 heterocycles. The Bertz CT molecular complexity index is 699. The first kappa shape index (κ1) is 12.2. The molecule has 1 spiro atoms. The summed E-state index contributed by atoms with van der Waals surface area (Å²) in [4.78, 5) is 8.83. The Balaban J connectivity index is 2.06. The van der Waals surface area contributed by atoms with Gasteiger partial charge in [-0.3, -0.25) is 0 Å². The molecule has 106 valence electrons. The molecule has 2 aromatic rings. The molecule has 1 aromatic heterocycles. The van der Waals surface area contributed by atoms with Crippen molar-refractivity contribution in [2.45, 2.75) is 11.8 Å². The van der Waals surface area contributed by atoms with Crippen LogP contribution < -0.4 is 10.5 Å². The standard InChI is InChI=1S/C15H13N3O3/c1-19-13-15(18-14(16)21-13)9-5-2-3-7-11(9)20-12-10(15)6-4-8-17-12/h2-8,13H,1H3,(H2,16,18). The minimum atomic E-state index is -0.892. The molecular weight excluding hydrogens is 270 g/mol. The Kier molecular flexibility index (Phi) is 2.43. The van der Waals surface area contributed by atoms with Crippen molar-refractivity contribution in [2.24, 2.45) is 10.7 Å². The monoisotopic (exact) mass is 283 g/mol. The van der Waals surface area contributed by atoms with Gasteiger partial charge in [-0.1, -0.05) is 18.2 Å². The van der Waals surface area contributed by atoms with E-state index in [4.69, 9.17) is 19.9 Å². The smallest absolute Gasteiger partial charge is 0.285 e. The van der Waals surface area contributed by atoms with Crippen molar-refractivity contribution in [2.75, 3.05) is 7.11 Å². The summed E-state index contributed by atoms with van der Waals surface area (Å²) >= 11 is 0. The lowest BCUT2D eigenvalue weighted by Gasteiger charge is -2.35. The van der Waals surface area contributed by atoms with Gasteiger partial charge < -0.3 is 19.9 Å². The molecule has 0 saturated heterocycles. The van der Waals surface area contributed by atoms with Crippen molar-refractivity contribution in [1.29, 1.82) is 0 Å². The molecule has 0 radical (unpaired) electrons. The van der Waals surface area contributed by atoms with Gasteiger partial charge in [-0.2, -0.15) is 0 Å². The van der Waals surface area contributed by atoms with Crippen molar-refractivity contribution in [3.63, 3.8) is 0 Å². The van der Waals surface area contributed by atoms with Crippen molar-refractivity contribution >= 4 is 6.02 Å². The highest BCUT2D eigenvalue weighted by Gasteiger charge is 2.54. The minimum absolute atomic E-state index is 0.0911. The van der Waals surface area contributed by atoms with Gasteiger partial charge in [0.2, 0.25) is 12.2 Å². The molecule has 2 aliphatic rings. The van der Waals surface area contributed by atoms with Gasteiger partial charge in [0.1, 0.15) is 5.75 Å². The van der Waals surface area contributed by atoms with Crippen LogP contribution in [0.5, 0.6) is 11.6 Å². The van der Waals surface area contributed by atoms with E-state index in [2.05, 4.69) is 9.98 Å². The number of methoxy groups -OCH3 is 1. The van der Waals surface area contributed by atoms with Crippen molar-refractivity contribution in [3.05, 3.63) is 53.7 Å². The summed E-state index contributed by atoms with van der Waals surface area (Å²) < 4.78 is 16.9. The summed E-state index contributed by atoms with van der Waals surface area (Å²) in [5.74, 6) is 1.16. The van der Waals surface area contributed by atoms with Crippen molar-refractivity contribution in [3.8, 4) is 11.6 Å². The maximum Gasteiger partial charge on any atom is 0.285 e. The summed E-state index contributed by atoms with van der Waals surface area (Å²) in [5.41, 5.74) is 6.53. The fourth-order valence-electron chi connectivity index (χ4n) is 2.92. The first-order valence-electron chi connectivity index (χ1n) is 6.53. The summed E-state index contributed by atoms with van der Waals surface area (Å²) in [7, 11) is 1.56. The third-order valence-corrected chi connectivity index (χ3v) is 3.76. The highest BCUT2D eigenvalue weighted by atomic mass is 16.7. The summed E-state index contributed by atoms with van der Waals surface area (Å²) in [6.45, 7) is 0. The molecule has 0 bridgehead atoms. The van der Waals surface area contributed by atoms with Gasteiger partial charge in [0.05, 0.1) is 5.56 Å². The highest BCUT2D eigenvalue weighted by molar-refractivity contribution is 5.77. The van der Waals surface area contributed by atoms with Gasteiger partial charge in [0.15, 0.2) is 5.54 Å². The molecule has 2 N–H and O–H groups in total. The van der Waals surface area contributed by atoms with Crippen molar-refractivity contribution < 1.29 is 14.2 Å². The third kappa shape index (κ3) is 1.50. The minimum Gasteiger partial charge on any atom is -0.438 e. The van der Waals surface area contributed by atoms with Crippen LogP contribution in [0.4, 0.5) is 0 Å². The Morgan fingerprint density at radius 1 is 1.19 bits per heavy atom. The molecule has 0 aliphatic carbocycles. The second kappa shape index (κ2) is 4.20. The van der Waals surface area contributed by atoms with E-state index in [-0.39, 0.29) is 6.02 Å². The van der Waals surface area contributed by atoms with Crippen LogP contribution in [0.1, 0.15) is 11.1 Å². The number of fused-ring (bicyclic) bond motifs is 4. The van der Waals surface area contributed by atoms with Crippen LogP contribution in [0.3, 0.4) is 0 Å². The maximum atomic E-state index is 5.86. The lowest BCUT2D eigenvalue weighted by molar-refractivity contribution is -0.0869. The predicted octanol–water partition coefficient (Wildman–Crippen LogP) is 1.75. The fourth-order valence-corrected chi connectivity index (χ4v) is 2.92. The predicted molar refractivity (Wildman–Crippen MR) is 75.0 cm³/mol. The van der Waals surface area contributed by atoms with Crippen LogP contribution in [0.15, 0.2) is 47.6 Å². The number of aliphatic imine (C=N–C) groups is 1. The molecule has 1 aromatic carbocycles. The van der Waals surface area contributed by atoms with Crippen LogP contribution in [0.2, 0.25) is 0 Å². The summed E-state index contributed by atoms with van der Waals surface area (Å²) in [5, 5.41) is 0. The number of ether oxygens (including phenoxy) is 3. The van der Waals surface area contributed by atoms with Gasteiger partial charge in [0.25, 0.3) is 6.02 Å². The molecule has 2 aliphatic heterocycles. The second-order valence-corrected chi connectivity index (χ2v) is 4.86. The molecule has 0 fully saturated rings. The molecule has 4 rings (SSSR count). The molecule has 21 heavy (non-hydrogen) atoms. The maximum absolute atomic E-state index is 5.86. The lowest BCUT2D eigenvalue weighted by atomic mass is 9.81. The molecular formula is C15H13N3O3. The third-order valence-electron chi connectivity index (χ3n) is 3.76. The van der Waals surface area contributed by atoms with Crippen LogP contribution in [-0.4, -0.2) is 24.4 Å². The zero-order chi connectivity index (χ0) is 14.4. The number of amidine groups is 1. The normalized spacial score (nSPS) is 25.6. The second-order valence-electron chi connectivity index (χ2n) is 4.86. The summed E-state index contributed by atoms with van der Waals surface area (Å²) in [6, 6.07) is 11.4. The molecule has 0 amide bonds. The van der Waals surface area contributed by atoms with Gasteiger partial charge >= 0.3 is 0 Å². The van der Waals surface area contributed by atoms with Gasteiger partial charge in [-0.05, 0) is 18.2 Å². The van der Waals surface area contributed by atoms with Gasteiger partial charge in [0, 0.05) is 18.9 Å². The average Bonchev–Trinajstić information content (AvgIpc) is 2.85. The lowest BCUT2D eigenvalue weighted by Crippen LogP contribution is -2.40. The number of benzene rings is 1. The molecule has 0 saturated carbocycles. The van der Waals surface area contributed by atoms with E-state index in [0.717, 1.165) is 11.1 Å². The SMILES string of the molecule is COC1OC(N)=NC12c1ccccc1Oc1ncccc12. The van der Waals surface area contributed by atoms with Crippen molar-refractivity contribution in [1.82, 2.24) is 4.98 Å². The molecule has 2 unspecified atom stereocenters. The molecule has 2 atom stereocenters. The number of nitrogens with zero attached hydrogens (tertiary/aromatic N) is 2. The highest BCUT2D eigenvalue weighted by Crippen LogP contribution is 2.52. The molecule has 6 heteroatoms. The van der Waals surface area contributed by atoms with E-state index >= 15 is 0 Å². The first-order valence-corrected chi connectivity index (χ1v) is 6.53. The number of pyridine rings is 1. The Labute approximate surface area is 121 Å². The van der Waals surface area contributed by atoms with Gasteiger partial charge in [-0.15, -0.1) is 0 Å². The van der Waals surface area contributed by atoms with Gasteiger partial charge in [-0.25, -0.2) is 9.98 Å². The number of hydrogen-bond donors (Lipinski definition) is 1. The van der Waals surface area contributed by atoms with E-state index < -0.39 is 11.8 Å². The van der Waals surface area contributed by atoms with E-state index in [1.165, 1.54) is 0 Å². The van der Waals surface area contributed by atoms with Crippen LogP contribution in [-0.2, 0) is 15.0 Å². The fraction of sp³-hybridized carbons (Fsp3) is 0.200. The zero-order valence-electron chi connectivity index (χ0n) is 11.3. The van der Waals surface area contributed by atoms with E-state index in [1.807, 2.05) is 36.4 Å². The Hall–Kier alpha value is -2.60. The van der Waals surface area contributed by atoms with Crippen LogP contribution in [0.25, 0.3) is 0 Å². The first-order chi connectivity index (χ1) is 10.3.